The van der Waals surface area contributed by atoms with Crippen molar-refractivity contribution >= 4 is 5.84 Å². The zero-order valence-electron chi connectivity index (χ0n) is 10.0. The first-order valence-corrected chi connectivity index (χ1v) is 5.32. The van der Waals surface area contributed by atoms with E-state index >= 15 is 0 Å². The van der Waals surface area contributed by atoms with E-state index in [0.29, 0.717) is 12.4 Å². The van der Waals surface area contributed by atoms with Gasteiger partial charge < -0.3 is 5.73 Å². The van der Waals surface area contributed by atoms with Crippen molar-refractivity contribution in [3.05, 3.63) is 5.82 Å². The summed E-state index contributed by atoms with van der Waals surface area (Å²) in [6.45, 7) is 6.25. The molecule has 1 aromatic heterocycles. The number of nitrogens with two attached hydrogens (primary N) is 1. The van der Waals surface area contributed by atoms with Crippen LogP contribution in [0.4, 0.5) is 0 Å². The van der Waals surface area contributed by atoms with Crippen molar-refractivity contribution in [2.75, 3.05) is 13.1 Å². The van der Waals surface area contributed by atoms with E-state index in [-0.39, 0.29) is 11.8 Å². The molecule has 7 heteroatoms. The SMILES string of the molecule is CCN(Cc1nnn(C)n1)CC(C)C(=N)N. The smallest absolute Gasteiger partial charge is 0.188 e. The van der Waals surface area contributed by atoms with Crippen molar-refractivity contribution in [1.82, 2.24) is 25.1 Å². The first kappa shape index (κ1) is 12.6. The van der Waals surface area contributed by atoms with Gasteiger partial charge in [-0.25, -0.2) is 0 Å². The Morgan fingerprint density at radius 3 is 2.75 bits per heavy atom. The summed E-state index contributed by atoms with van der Waals surface area (Å²) in [6.07, 6.45) is 0. The second-order valence-corrected chi connectivity index (χ2v) is 3.88. The lowest BCUT2D eigenvalue weighted by Gasteiger charge is -2.21. The monoisotopic (exact) mass is 225 g/mol. The van der Waals surface area contributed by atoms with Crippen LogP contribution in [0.1, 0.15) is 19.7 Å². The van der Waals surface area contributed by atoms with Gasteiger partial charge in [-0.05, 0) is 11.8 Å². The lowest BCUT2D eigenvalue weighted by atomic mass is 10.1. The Balaban J connectivity index is 2.52. The molecule has 0 saturated carbocycles. The van der Waals surface area contributed by atoms with Crippen molar-refractivity contribution in [3.8, 4) is 0 Å². The van der Waals surface area contributed by atoms with Gasteiger partial charge in [-0.1, -0.05) is 13.8 Å². The zero-order valence-corrected chi connectivity index (χ0v) is 10.0. The van der Waals surface area contributed by atoms with E-state index in [1.165, 1.54) is 4.80 Å². The Morgan fingerprint density at radius 2 is 2.31 bits per heavy atom. The molecule has 1 aromatic rings. The van der Waals surface area contributed by atoms with Crippen molar-refractivity contribution in [1.29, 1.82) is 5.41 Å². The Morgan fingerprint density at radius 1 is 1.62 bits per heavy atom. The molecule has 1 unspecified atom stereocenters. The fourth-order valence-electron chi connectivity index (χ4n) is 1.38. The minimum Gasteiger partial charge on any atom is -0.387 e. The van der Waals surface area contributed by atoms with E-state index in [1.807, 2.05) is 6.92 Å². The van der Waals surface area contributed by atoms with Crippen LogP contribution < -0.4 is 5.73 Å². The van der Waals surface area contributed by atoms with Crippen LogP contribution in [0.15, 0.2) is 0 Å². The number of aryl methyl sites for hydroxylation is 1. The van der Waals surface area contributed by atoms with Gasteiger partial charge >= 0.3 is 0 Å². The standard InChI is InChI=1S/C9H19N7/c1-4-16(5-7(2)9(10)11)6-8-12-14-15(3)13-8/h7H,4-6H2,1-3H3,(H3,10,11). The third kappa shape index (κ3) is 3.58. The molecule has 1 atom stereocenters. The molecule has 90 valence electrons. The van der Waals surface area contributed by atoms with Gasteiger partial charge in [0.1, 0.15) is 0 Å². The summed E-state index contributed by atoms with van der Waals surface area (Å²) >= 11 is 0. The summed E-state index contributed by atoms with van der Waals surface area (Å²) in [5, 5.41) is 19.2. The van der Waals surface area contributed by atoms with E-state index in [4.69, 9.17) is 11.1 Å². The molecule has 0 bridgehead atoms. The maximum absolute atomic E-state index is 7.36. The number of nitrogens with zero attached hydrogens (tertiary/aromatic N) is 5. The molecule has 3 N–H and O–H groups in total. The first-order chi connectivity index (χ1) is 7.52. The van der Waals surface area contributed by atoms with Gasteiger partial charge in [0.15, 0.2) is 5.82 Å². The van der Waals surface area contributed by atoms with Crippen molar-refractivity contribution in [2.24, 2.45) is 18.7 Å². The molecular weight excluding hydrogens is 206 g/mol. The first-order valence-electron chi connectivity index (χ1n) is 5.32. The normalized spacial score (nSPS) is 13.0. The summed E-state index contributed by atoms with van der Waals surface area (Å²) in [5.74, 6) is 0.960. The molecule has 1 heterocycles. The number of rotatable bonds is 6. The average molecular weight is 225 g/mol. The third-order valence-electron chi connectivity index (χ3n) is 2.42. The minimum absolute atomic E-state index is 0.0524. The molecule has 0 aliphatic heterocycles. The minimum atomic E-state index is 0.0524. The van der Waals surface area contributed by atoms with Gasteiger partial charge in [-0.15, -0.1) is 10.2 Å². The summed E-state index contributed by atoms with van der Waals surface area (Å²) in [7, 11) is 1.74. The van der Waals surface area contributed by atoms with Crippen LogP contribution in [-0.4, -0.2) is 44.0 Å². The van der Waals surface area contributed by atoms with Gasteiger partial charge in [0.25, 0.3) is 0 Å². The third-order valence-corrected chi connectivity index (χ3v) is 2.42. The summed E-state index contributed by atoms with van der Waals surface area (Å²) in [5.41, 5.74) is 5.45. The maximum atomic E-state index is 7.36. The molecule has 1 rings (SSSR count). The molecule has 0 fully saturated rings. The lowest BCUT2D eigenvalue weighted by molar-refractivity contribution is 0.256. The summed E-state index contributed by atoms with van der Waals surface area (Å²) < 4.78 is 0. The highest BCUT2D eigenvalue weighted by Gasteiger charge is 2.13. The van der Waals surface area contributed by atoms with E-state index in [2.05, 4.69) is 27.2 Å². The Hall–Kier alpha value is -1.50. The summed E-state index contributed by atoms with van der Waals surface area (Å²) in [4.78, 5) is 3.58. The Kier molecular flexibility index (Phi) is 4.36. The molecule has 7 nitrogen and oxygen atoms in total. The Labute approximate surface area is 95.1 Å². The maximum Gasteiger partial charge on any atom is 0.188 e. The molecule has 0 saturated heterocycles. The van der Waals surface area contributed by atoms with Gasteiger partial charge in [-0.2, -0.15) is 4.80 Å². The van der Waals surface area contributed by atoms with Crippen LogP contribution in [0.3, 0.4) is 0 Å². The fourth-order valence-corrected chi connectivity index (χ4v) is 1.38. The number of tetrazole rings is 1. The molecule has 0 aliphatic rings. The van der Waals surface area contributed by atoms with Crippen LogP contribution in [0.2, 0.25) is 0 Å². The number of amidine groups is 1. The topological polar surface area (TPSA) is 96.7 Å². The van der Waals surface area contributed by atoms with Crippen LogP contribution in [0, 0.1) is 11.3 Å². The molecule has 0 aliphatic carbocycles. The van der Waals surface area contributed by atoms with Crippen molar-refractivity contribution in [3.63, 3.8) is 0 Å². The van der Waals surface area contributed by atoms with Crippen LogP contribution in [0.25, 0.3) is 0 Å². The Bertz CT molecular complexity index is 345. The molecule has 0 aromatic carbocycles. The molecular formula is C9H19N7. The molecule has 0 radical (unpaired) electrons. The largest absolute Gasteiger partial charge is 0.387 e. The van der Waals surface area contributed by atoms with Crippen LogP contribution in [-0.2, 0) is 13.6 Å². The molecule has 0 spiro atoms. The number of hydrogen-bond acceptors (Lipinski definition) is 5. The van der Waals surface area contributed by atoms with Crippen molar-refractivity contribution in [2.45, 2.75) is 20.4 Å². The highest BCUT2D eigenvalue weighted by atomic mass is 15.6. The van der Waals surface area contributed by atoms with Gasteiger partial charge in [0.05, 0.1) is 19.4 Å². The van der Waals surface area contributed by atoms with Gasteiger partial charge in [0.2, 0.25) is 0 Å². The van der Waals surface area contributed by atoms with E-state index < -0.39 is 0 Å². The number of nitrogens with one attached hydrogen (secondary N) is 1. The predicted octanol–water partition coefficient (Wildman–Crippen LogP) is -0.396. The van der Waals surface area contributed by atoms with E-state index in [0.717, 1.165) is 13.1 Å². The quantitative estimate of drug-likeness (QED) is 0.507. The van der Waals surface area contributed by atoms with Crippen LogP contribution in [0.5, 0.6) is 0 Å². The van der Waals surface area contributed by atoms with E-state index in [9.17, 15) is 0 Å². The lowest BCUT2D eigenvalue weighted by Crippen LogP contribution is -2.34. The molecule has 0 amide bonds. The fraction of sp³-hybridized carbons (Fsp3) is 0.778. The second-order valence-electron chi connectivity index (χ2n) is 3.88. The van der Waals surface area contributed by atoms with Gasteiger partial charge in [0, 0.05) is 12.5 Å². The van der Waals surface area contributed by atoms with Crippen LogP contribution >= 0.6 is 0 Å². The number of hydrogen-bond donors (Lipinski definition) is 2. The van der Waals surface area contributed by atoms with Gasteiger partial charge in [-0.3, -0.25) is 10.3 Å². The van der Waals surface area contributed by atoms with E-state index in [1.54, 1.807) is 7.05 Å². The highest BCUT2D eigenvalue weighted by molar-refractivity contribution is 5.79. The highest BCUT2D eigenvalue weighted by Crippen LogP contribution is 2.03. The average Bonchev–Trinajstić information content (AvgIpc) is 2.62. The number of aromatic nitrogens is 4. The second kappa shape index (κ2) is 5.55. The molecule has 16 heavy (non-hydrogen) atoms. The van der Waals surface area contributed by atoms with Crippen molar-refractivity contribution < 1.29 is 0 Å². The predicted molar refractivity (Wildman–Crippen MR) is 60.8 cm³/mol. The summed E-state index contributed by atoms with van der Waals surface area (Å²) in [6, 6.07) is 0. The zero-order chi connectivity index (χ0) is 12.1.